The number of anilines is 2. The number of carbonyl (C=O) groups is 2. The third kappa shape index (κ3) is 3.59. The average molecular weight is 386 g/mol. The van der Waals surface area contributed by atoms with Crippen molar-refractivity contribution in [2.75, 3.05) is 16.8 Å². The quantitative estimate of drug-likeness (QED) is 0.602. The smallest absolute Gasteiger partial charge is 0.260 e. The summed E-state index contributed by atoms with van der Waals surface area (Å²) >= 11 is 0. The van der Waals surface area contributed by atoms with E-state index >= 15 is 0 Å². The summed E-state index contributed by atoms with van der Waals surface area (Å²) in [4.78, 5) is 26.4. The first kappa shape index (κ1) is 18.7. The number of carbonyl (C=O) groups excluding carboxylic acids is 2. The van der Waals surface area contributed by atoms with E-state index in [-0.39, 0.29) is 17.9 Å². The molecule has 0 bridgehead atoms. The zero-order chi connectivity index (χ0) is 20.4. The summed E-state index contributed by atoms with van der Waals surface area (Å²) in [6.45, 7) is 4.07. The predicted octanol–water partition coefficient (Wildman–Crippen LogP) is 5.06. The van der Waals surface area contributed by atoms with Crippen molar-refractivity contribution in [1.82, 2.24) is 0 Å². The normalized spacial score (nSPS) is 15.2. The van der Waals surface area contributed by atoms with Gasteiger partial charge in [0.15, 0.2) is 5.78 Å². The van der Waals surface area contributed by atoms with Crippen molar-refractivity contribution in [3.05, 3.63) is 89.5 Å². The van der Waals surface area contributed by atoms with Gasteiger partial charge in [0.1, 0.15) is 11.9 Å². The monoisotopic (exact) mass is 386 g/mol. The highest BCUT2D eigenvalue weighted by atomic mass is 16.5. The second kappa shape index (κ2) is 7.80. The summed E-state index contributed by atoms with van der Waals surface area (Å²) in [7, 11) is 0. The van der Waals surface area contributed by atoms with E-state index in [1.54, 1.807) is 24.0 Å². The fraction of sp³-hybridized carbons (Fsp3) is 0.167. The number of nitrogens with zero attached hydrogens (tertiary/aromatic N) is 1. The maximum Gasteiger partial charge on any atom is 0.260 e. The molecule has 146 valence electrons. The Hall–Kier alpha value is -3.60. The Kier molecular flexibility index (Phi) is 5.04. The van der Waals surface area contributed by atoms with E-state index in [1.807, 2.05) is 67.6 Å². The lowest BCUT2D eigenvalue weighted by Crippen LogP contribution is -2.32. The van der Waals surface area contributed by atoms with Crippen LogP contribution < -0.4 is 15.0 Å². The molecule has 29 heavy (non-hydrogen) atoms. The van der Waals surface area contributed by atoms with Gasteiger partial charge in [-0.2, -0.15) is 0 Å². The summed E-state index contributed by atoms with van der Waals surface area (Å²) in [5.74, 6) is 0.737. The van der Waals surface area contributed by atoms with E-state index in [1.165, 1.54) is 0 Å². The Balaban J connectivity index is 1.69. The first-order valence-electron chi connectivity index (χ1n) is 9.61. The zero-order valence-electron chi connectivity index (χ0n) is 16.4. The van der Waals surface area contributed by atoms with Gasteiger partial charge in [-0.3, -0.25) is 14.5 Å². The van der Waals surface area contributed by atoms with Crippen LogP contribution in [0.5, 0.6) is 5.75 Å². The second-order valence-corrected chi connectivity index (χ2v) is 6.87. The second-order valence-electron chi connectivity index (χ2n) is 6.87. The average Bonchev–Trinajstić information content (AvgIpc) is 3.01. The molecule has 0 aromatic heterocycles. The minimum absolute atomic E-state index is 0.0222. The Morgan fingerprint density at radius 1 is 1.00 bits per heavy atom. The minimum atomic E-state index is -0.347. The number of benzene rings is 3. The lowest BCUT2D eigenvalue weighted by Gasteiger charge is -2.27. The molecule has 5 heteroatoms. The number of Topliss-reactive ketones (excluding diaryl/α,β-unsaturated/α-hetero) is 1. The van der Waals surface area contributed by atoms with Crippen molar-refractivity contribution in [1.29, 1.82) is 0 Å². The highest BCUT2D eigenvalue weighted by Crippen LogP contribution is 2.38. The molecule has 1 aliphatic heterocycles. The van der Waals surface area contributed by atoms with Crippen molar-refractivity contribution in [2.45, 2.75) is 20.0 Å². The topological polar surface area (TPSA) is 58.6 Å². The SMILES string of the molecule is CCOc1ccc(N2C(=O)c3ccccc3[C@H]2Nc2ccc(C(C)=O)cc2)cc1. The Morgan fingerprint density at radius 3 is 2.34 bits per heavy atom. The Morgan fingerprint density at radius 2 is 1.69 bits per heavy atom. The van der Waals surface area contributed by atoms with Gasteiger partial charge < -0.3 is 10.1 Å². The molecule has 1 amide bonds. The number of nitrogens with one attached hydrogen (secondary N) is 1. The molecule has 0 saturated carbocycles. The zero-order valence-corrected chi connectivity index (χ0v) is 16.4. The highest BCUT2D eigenvalue weighted by Gasteiger charge is 2.37. The lowest BCUT2D eigenvalue weighted by atomic mass is 10.1. The molecule has 3 aromatic rings. The maximum absolute atomic E-state index is 13.2. The van der Waals surface area contributed by atoms with Gasteiger partial charge in [-0.1, -0.05) is 18.2 Å². The molecular formula is C24H22N2O3. The summed E-state index contributed by atoms with van der Waals surface area (Å²) in [5, 5.41) is 3.44. The van der Waals surface area contributed by atoms with E-state index in [9.17, 15) is 9.59 Å². The number of rotatable bonds is 6. The first-order chi connectivity index (χ1) is 14.1. The Labute approximate surface area is 169 Å². The van der Waals surface area contributed by atoms with Crippen molar-refractivity contribution in [2.24, 2.45) is 0 Å². The van der Waals surface area contributed by atoms with Gasteiger partial charge in [0, 0.05) is 28.1 Å². The van der Waals surface area contributed by atoms with Gasteiger partial charge in [-0.05, 0) is 68.4 Å². The van der Waals surface area contributed by atoms with Crippen LogP contribution in [-0.4, -0.2) is 18.3 Å². The molecule has 5 nitrogen and oxygen atoms in total. The molecule has 0 saturated heterocycles. The molecule has 1 N–H and O–H groups in total. The molecule has 0 aliphatic carbocycles. The van der Waals surface area contributed by atoms with E-state index < -0.39 is 0 Å². The molecule has 0 spiro atoms. The third-order valence-corrected chi connectivity index (χ3v) is 4.98. The van der Waals surface area contributed by atoms with Gasteiger partial charge >= 0.3 is 0 Å². The summed E-state index contributed by atoms with van der Waals surface area (Å²) in [6.07, 6.45) is -0.347. The largest absolute Gasteiger partial charge is 0.494 e. The number of ether oxygens (including phenoxy) is 1. The van der Waals surface area contributed by atoms with Gasteiger partial charge in [0.2, 0.25) is 0 Å². The van der Waals surface area contributed by atoms with Gasteiger partial charge in [-0.25, -0.2) is 0 Å². The maximum atomic E-state index is 13.2. The van der Waals surface area contributed by atoms with Gasteiger partial charge in [0.25, 0.3) is 5.91 Å². The van der Waals surface area contributed by atoms with Crippen LogP contribution in [0.25, 0.3) is 0 Å². The molecule has 0 unspecified atom stereocenters. The third-order valence-electron chi connectivity index (χ3n) is 4.98. The summed E-state index contributed by atoms with van der Waals surface area (Å²) < 4.78 is 5.52. The minimum Gasteiger partial charge on any atom is -0.494 e. The molecule has 1 heterocycles. The number of ketones is 1. The molecular weight excluding hydrogens is 364 g/mol. The van der Waals surface area contributed by atoms with Crippen molar-refractivity contribution in [3.63, 3.8) is 0 Å². The fourth-order valence-corrected chi connectivity index (χ4v) is 3.55. The van der Waals surface area contributed by atoms with E-state index in [0.717, 1.165) is 22.7 Å². The lowest BCUT2D eigenvalue weighted by molar-refractivity contribution is 0.0990. The number of hydrogen-bond donors (Lipinski definition) is 1. The summed E-state index contributed by atoms with van der Waals surface area (Å²) in [6, 6.07) is 22.4. The molecule has 1 aliphatic rings. The van der Waals surface area contributed by atoms with E-state index in [2.05, 4.69) is 5.32 Å². The van der Waals surface area contributed by atoms with Gasteiger partial charge in [0.05, 0.1) is 6.61 Å². The number of amides is 1. The molecule has 3 aromatic carbocycles. The van der Waals surface area contributed by atoms with Crippen LogP contribution in [0.4, 0.5) is 11.4 Å². The Bertz CT molecular complexity index is 1040. The van der Waals surface area contributed by atoms with E-state index in [0.29, 0.717) is 17.7 Å². The van der Waals surface area contributed by atoms with Crippen LogP contribution in [0.15, 0.2) is 72.8 Å². The standard InChI is InChI=1S/C24H22N2O3/c1-3-29-20-14-12-19(13-15-20)26-23(21-6-4-5-7-22(21)24(26)28)25-18-10-8-17(9-11-18)16(2)27/h4-15,23,25H,3H2,1-2H3/t23-/m0/s1. The molecule has 1 atom stereocenters. The molecule has 4 rings (SSSR count). The molecule has 0 fully saturated rings. The first-order valence-corrected chi connectivity index (χ1v) is 9.61. The summed E-state index contributed by atoms with van der Waals surface area (Å²) in [5.41, 5.74) is 3.87. The van der Waals surface area contributed by atoms with Crippen molar-refractivity contribution in [3.8, 4) is 5.75 Å². The van der Waals surface area contributed by atoms with Crippen LogP contribution in [0.1, 0.15) is 46.3 Å². The number of fused-ring (bicyclic) bond motifs is 1. The van der Waals surface area contributed by atoms with Crippen LogP contribution in [-0.2, 0) is 0 Å². The predicted molar refractivity (Wildman–Crippen MR) is 114 cm³/mol. The van der Waals surface area contributed by atoms with Crippen LogP contribution >= 0.6 is 0 Å². The van der Waals surface area contributed by atoms with Gasteiger partial charge in [-0.15, -0.1) is 0 Å². The fourth-order valence-electron chi connectivity index (χ4n) is 3.55. The highest BCUT2D eigenvalue weighted by molar-refractivity contribution is 6.11. The van der Waals surface area contributed by atoms with Crippen LogP contribution in [0.2, 0.25) is 0 Å². The van der Waals surface area contributed by atoms with Crippen molar-refractivity contribution < 1.29 is 14.3 Å². The van der Waals surface area contributed by atoms with Crippen molar-refractivity contribution >= 4 is 23.1 Å². The molecule has 0 radical (unpaired) electrons. The van der Waals surface area contributed by atoms with Crippen LogP contribution in [0.3, 0.4) is 0 Å². The number of hydrogen-bond acceptors (Lipinski definition) is 4. The van der Waals surface area contributed by atoms with Crippen LogP contribution in [0, 0.1) is 0 Å². The van der Waals surface area contributed by atoms with E-state index in [4.69, 9.17) is 4.74 Å².